The van der Waals surface area contributed by atoms with Crippen LogP contribution in [0.5, 0.6) is 0 Å². The molecule has 2 aliphatic heterocycles. The van der Waals surface area contributed by atoms with Crippen LogP contribution in [0.1, 0.15) is 12.5 Å². The Morgan fingerprint density at radius 3 is 3.00 bits per heavy atom. The lowest BCUT2D eigenvalue weighted by molar-refractivity contribution is -0.0126. The normalized spacial score (nSPS) is 37.6. The Kier molecular flexibility index (Phi) is 2.24. The zero-order chi connectivity index (χ0) is 11.2. The molecule has 3 rings (SSSR count). The summed E-state index contributed by atoms with van der Waals surface area (Å²) in [5.74, 6) is -0.0296. The number of hydrogen-bond acceptors (Lipinski definition) is 3. The van der Waals surface area contributed by atoms with E-state index in [1.807, 2.05) is 13.0 Å². The van der Waals surface area contributed by atoms with Crippen LogP contribution in [-0.2, 0) is 15.1 Å². The monoisotopic (exact) mass is 223 g/mol. The molecule has 4 heteroatoms. The molecule has 0 bridgehead atoms. The maximum atomic E-state index is 13.8. The summed E-state index contributed by atoms with van der Waals surface area (Å²) in [6, 6.07) is 6.81. The number of ether oxygens (including phenoxy) is 1. The summed E-state index contributed by atoms with van der Waals surface area (Å²) in [5.41, 5.74) is 3.12. The molecule has 0 aliphatic carbocycles. The molecular weight excluding hydrogens is 209 g/mol. The Morgan fingerprint density at radius 2 is 2.19 bits per heavy atom. The molecule has 1 N–H and O–H groups in total. The third kappa shape index (κ3) is 1.30. The van der Waals surface area contributed by atoms with Crippen LogP contribution in [0.2, 0.25) is 0 Å². The molecule has 16 heavy (non-hydrogen) atoms. The van der Waals surface area contributed by atoms with Crippen molar-refractivity contribution in [2.75, 3.05) is 13.2 Å². The lowest BCUT2D eigenvalue weighted by atomic mass is 9.79. The first kappa shape index (κ1) is 10.2. The van der Waals surface area contributed by atoms with Gasteiger partial charge in [0.25, 0.3) is 0 Å². The topological polar surface area (TPSA) is 30.5 Å². The zero-order valence-electron chi connectivity index (χ0n) is 9.07. The van der Waals surface area contributed by atoms with E-state index in [2.05, 4.69) is 5.48 Å². The maximum absolute atomic E-state index is 13.8. The number of fused-ring (bicyclic) bond motifs is 1. The minimum atomic E-state index is -0.494. The number of halogens is 1. The van der Waals surface area contributed by atoms with Gasteiger partial charge in [-0.3, -0.25) is 4.84 Å². The van der Waals surface area contributed by atoms with Crippen LogP contribution < -0.4 is 5.48 Å². The summed E-state index contributed by atoms with van der Waals surface area (Å²) < 4.78 is 19.2. The smallest absolute Gasteiger partial charge is 0.128 e. The number of hydroxylamine groups is 1. The molecule has 0 aromatic heterocycles. The van der Waals surface area contributed by atoms with E-state index in [0.717, 1.165) is 0 Å². The van der Waals surface area contributed by atoms with E-state index in [1.54, 1.807) is 12.1 Å². The Morgan fingerprint density at radius 1 is 1.38 bits per heavy atom. The third-order valence-electron chi connectivity index (χ3n) is 3.63. The van der Waals surface area contributed by atoms with Crippen LogP contribution >= 0.6 is 0 Å². The largest absolute Gasteiger partial charge is 0.378 e. The van der Waals surface area contributed by atoms with Gasteiger partial charge in [0.2, 0.25) is 0 Å². The van der Waals surface area contributed by atoms with Crippen molar-refractivity contribution in [1.29, 1.82) is 0 Å². The molecule has 2 saturated heterocycles. The standard InChI is InChI=1S/C12H14FNO2/c1-12(8-4-2-3-5-10(8)13)9-6-15-7-11(9)16-14-12/h2-5,9,11,14H,6-7H2,1H3/t9-,11+,12?/m0/s1. The second kappa shape index (κ2) is 3.52. The molecule has 2 aliphatic rings. The molecule has 86 valence electrons. The summed E-state index contributed by atoms with van der Waals surface area (Å²) in [4.78, 5) is 5.46. The number of benzene rings is 1. The first-order valence-corrected chi connectivity index (χ1v) is 5.47. The average molecular weight is 223 g/mol. The summed E-state index contributed by atoms with van der Waals surface area (Å²) in [5, 5.41) is 0. The SMILES string of the molecule is CC1(c2ccccc2F)NO[C@@H]2COC[C@@H]21. The van der Waals surface area contributed by atoms with Crippen molar-refractivity contribution < 1.29 is 14.0 Å². The Balaban J connectivity index is 2.02. The molecule has 0 saturated carbocycles. The molecule has 0 radical (unpaired) electrons. The number of hydrogen-bond donors (Lipinski definition) is 1. The second-order valence-corrected chi connectivity index (χ2v) is 4.58. The molecule has 3 nitrogen and oxygen atoms in total. The van der Waals surface area contributed by atoms with Crippen molar-refractivity contribution in [3.05, 3.63) is 35.6 Å². The summed E-state index contributed by atoms with van der Waals surface area (Å²) in [7, 11) is 0. The quantitative estimate of drug-likeness (QED) is 0.784. The lowest BCUT2D eigenvalue weighted by Gasteiger charge is -2.28. The van der Waals surface area contributed by atoms with Gasteiger partial charge in [0, 0.05) is 11.5 Å². The van der Waals surface area contributed by atoms with Crippen molar-refractivity contribution in [3.8, 4) is 0 Å². The third-order valence-corrected chi connectivity index (χ3v) is 3.63. The first-order chi connectivity index (χ1) is 7.72. The van der Waals surface area contributed by atoms with Crippen LogP contribution in [0.3, 0.4) is 0 Å². The average Bonchev–Trinajstić information content (AvgIpc) is 2.84. The Labute approximate surface area is 93.5 Å². The van der Waals surface area contributed by atoms with E-state index in [0.29, 0.717) is 18.8 Å². The second-order valence-electron chi connectivity index (χ2n) is 4.58. The highest BCUT2D eigenvalue weighted by Crippen LogP contribution is 2.41. The van der Waals surface area contributed by atoms with Crippen LogP contribution in [0, 0.1) is 11.7 Å². The van der Waals surface area contributed by atoms with E-state index >= 15 is 0 Å². The van der Waals surface area contributed by atoms with Crippen LogP contribution in [0.15, 0.2) is 24.3 Å². The molecular formula is C12H14FNO2. The number of nitrogens with one attached hydrogen (secondary N) is 1. The molecule has 1 unspecified atom stereocenters. The highest BCUT2D eigenvalue weighted by atomic mass is 19.1. The Hall–Kier alpha value is -0.970. The number of rotatable bonds is 1. The molecule has 3 atom stereocenters. The van der Waals surface area contributed by atoms with Crippen LogP contribution in [-0.4, -0.2) is 19.3 Å². The van der Waals surface area contributed by atoms with Gasteiger partial charge in [0.15, 0.2) is 0 Å². The molecule has 2 heterocycles. The Bertz CT molecular complexity index is 412. The fourth-order valence-electron chi connectivity index (χ4n) is 2.60. The van der Waals surface area contributed by atoms with Crippen molar-refractivity contribution in [2.24, 2.45) is 5.92 Å². The van der Waals surface area contributed by atoms with E-state index in [1.165, 1.54) is 6.07 Å². The van der Waals surface area contributed by atoms with Crippen molar-refractivity contribution >= 4 is 0 Å². The van der Waals surface area contributed by atoms with Gasteiger partial charge in [-0.2, -0.15) is 5.48 Å². The van der Waals surface area contributed by atoms with Gasteiger partial charge in [0.1, 0.15) is 11.9 Å². The molecule has 1 aromatic rings. The van der Waals surface area contributed by atoms with Gasteiger partial charge in [-0.25, -0.2) is 4.39 Å². The highest BCUT2D eigenvalue weighted by Gasteiger charge is 2.51. The summed E-state index contributed by atoms with van der Waals surface area (Å²) in [6.45, 7) is 3.16. The molecule has 2 fully saturated rings. The van der Waals surface area contributed by atoms with Gasteiger partial charge in [-0.15, -0.1) is 0 Å². The lowest BCUT2D eigenvalue weighted by Crippen LogP contribution is -2.40. The minimum absolute atomic E-state index is 0.0320. The predicted molar refractivity (Wildman–Crippen MR) is 56.1 cm³/mol. The zero-order valence-corrected chi connectivity index (χ0v) is 9.07. The molecule has 0 amide bonds. The van der Waals surface area contributed by atoms with Gasteiger partial charge in [-0.1, -0.05) is 18.2 Å². The van der Waals surface area contributed by atoms with Crippen molar-refractivity contribution in [2.45, 2.75) is 18.6 Å². The van der Waals surface area contributed by atoms with E-state index in [9.17, 15) is 4.39 Å². The summed E-state index contributed by atoms with van der Waals surface area (Å²) in [6.07, 6.45) is 0.0320. The fourth-order valence-corrected chi connectivity index (χ4v) is 2.60. The maximum Gasteiger partial charge on any atom is 0.128 e. The van der Waals surface area contributed by atoms with Gasteiger partial charge >= 0.3 is 0 Å². The first-order valence-electron chi connectivity index (χ1n) is 5.47. The van der Waals surface area contributed by atoms with Crippen LogP contribution in [0.25, 0.3) is 0 Å². The van der Waals surface area contributed by atoms with Gasteiger partial charge < -0.3 is 4.74 Å². The summed E-state index contributed by atoms with van der Waals surface area (Å²) >= 11 is 0. The van der Waals surface area contributed by atoms with E-state index in [4.69, 9.17) is 9.57 Å². The predicted octanol–water partition coefficient (Wildman–Crippen LogP) is 1.59. The fraction of sp³-hybridized carbons (Fsp3) is 0.500. The van der Waals surface area contributed by atoms with Crippen molar-refractivity contribution in [3.63, 3.8) is 0 Å². The van der Waals surface area contributed by atoms with E-state index in [-0.39, 0.29) is 17.8 Å². The molecule has 0 spiro atoms. The van der Waals surface area contributed by atoms with Crippen molar-refractivity contribution in [1.82, 2.24) is 5.48 Å². The highest BCUT2D eigenvalue weighted by molar-refractivity contribution is 5.28. The molecule has 1 aromatic carbocycles. The van der Waals surface area contributed by atoms with Crippen LogP contribution in [0.4, 0.5) is 4.39 Å². The van der Waals surface area contributed by atoms with Gasteiger partial charge in [0.05, 0.1) is 18.8 Å². The van der Waals surface area contributed by atoms with E-state index < -0.39 is 5.54 Å². The van der Waals surface area contributed by atoms with Gasteiger partial charge in [-0.05, 0) is 13.0 Å². The minimum Gasteiger partial charge on any atom is -0.378 e.